The number of fused-ring (bicyclic) bond motifs is 3. The summed E-state index contributed by atoms with van der Waals surface area (Å²) in [5.74, 6) is 1.42. The zero-order chi connectivity index (χ0) is 33.3. The number of rotatable bonds is 12. The van der Waals surface area contributed by atoms with E-state index in [1.54, 1.807) is 0 Å². The number of hydrogen-bond acceptors (Lipinski definition) is 9. The predicted molar refractivity (Wildman–Crippen MR) is 180 cm³/mol. The number of carbonyl (C=O) groups excluding carboxylic acids is 1. The first-order valence-electron chi connectivity index (χ1n) is 15.8. The fourth-order valence-electron chi connectivity index (χ4n) is 6.09. The number of nitrogen functional groups attached to an aromatic ring is 1. The number of pyridine rings is 1. The average Bonchev–Trinajstić information content (AvgIpc) is 3.39. The Morgan fingerprint density at radius 3 is 2.35 bits per heavy atom. The topological polar surface area (TPSA) is 164 Å². The molecule has 1 aliphatic rings. The normalized spacial score (nSPS) is 14.5. The van der Waals surface area contributed by atoms with Crippen LogP contribution in [0.3, 0.4) is 0 Å². The summed E-state index contributed by atoms with van der Waals surface area (Å²) in [6.07, 6.45) is 6.86. The lowest BCUT2D eigenvalue weighted by molar-refractivity contribution is -0.139. The van der Waals surface area contributed by atoms with Gasteiger partial charge in [0.05, 0.1) is 24.6 Å². The van der Waals surface area contributed by atoms with Gasteiger partial charge in [0, 0.05) is 37.5 Å². The number of imidazole rings is 1. The molecule has 0 unspecified atom stereocenters. The van der Waals surface area contributed by atoms with Gasteiger partial charge in [-0.15, -0.1) is 0 Å². The summed E-state index contributed by atoms with van der Waals surface area (Å²) in [7, 11) is -1.02. The van der Waals surface area contributed by atoms with Crippen molar-refractivity contribution in [3.05, 3.63) is 65.5 Å². The van der Waals surface area contributed by atoms with Crippen LogP contribution in [0.5, 0.6) is 0 Å². The first-order valence-corrected chi connectivity index (χ1v) is 17.2. The van der Waals surface area contributed by atoms with Crippen molar-refractivity contribution in [3.8, 4) is 0 Å². The summed E-state index contributed by atoms with van der Waals surface area (Å²) in [4.78, 5) is 26.5. The Balaban J connectivity index is 0.000000892. The summed E-state index contributed by atoms with van der Waals surface area (Å²) in [6, 6.07) is 17.2. The molecule has 4 aromatic rings. The third-order valence-electron chi connectivity index (χ3n) is 8.46. The van der Waals surface area contributed by atoms with Crippen molar-refractivity contribution in [2.24, 2.45) is 0 Å². The van der Waals surface area contributed by atoms with E-state index in [0.717, 1.165) is 91.7 Å². The number of nitrogens with two attached hydrogens (primary N) is 1. The van der Waals surface area contributed by atoms with Crippen LogP contribution in [0, 0.1) is 0 Å². The van der Waals surface area contributed by atoms with Gasteiger partial charge in [0.1, 0.15) is 11.3 Å². The van der Waals surface area contributed by atoms with Gasteiger partial charge in [-0.25, -0.2) is 9.97 Å². The van der Waals surface area contributed by atoms with E-state index < -0.39 is 10.4 Å². The molecule has 0 radical (unpaired) electrons. The first kappa shape index (κ1) is 35.2. The summed E-state index contributed by atoms with van der Waals surface area (Å²) in [6.45, 7) is 7.28. The fraction of sp³-hybridized carbons (Fsp3) is 0.485. The molecule has 46 heavy (non-hydrogen) atoms. The van der Waals surface area contributed by atoms with Gasteiger partial charge in [-0.2, -0.15) is 8.42 Å². The molecular weight excluding hydrogens is 608 g/mol. The second-order valence-corrected chi connectivity index (χ2v) is 12.8. The van der Waals surface area contributed by atoms with E-state index in [0.29, 0.717) is 18.3 Å². The molecule has 0 atom stereocenters. The SMILES string of the molecule is CCCCc1nc2c(N)nc3ccccc3c2n1CCCN(Cc1ccc(CC(=O)OC)cc1)C1CCN(C)CC1.O=S(=O)(O)O. The third kappa shape index (κ3) is 9.94. The second-order valence-electron chi connectivity index (χ2n) is 11.9. The van der Waals surface area contributed by atoms with E-state index in [1.807, 2.05) is 12.1 Å². The van der Waals surface area contributed by atoms with Crippen molar-refractivity contribution in [2.75, 3.05) is 39.5 Å². The number of aryl methyl sites for hydroxylation is 2. The Hall–Kier alpha value is -3.62. The number of methoxy groups -OCH3 is 1. The number of nitrogens with zero attached hydrogens (tertiary/aromatic N) is 5. The number of unbranched alkanes of at least 4 members (excludes halogenated alkanes) is 1. The molecule has 250 valence electrons. The number of benzene rings is 2. The molecule has 1 fully saturated rings. The predicted octanol–water partition coefficient (Wildman–Crippen LogP) is 4.56. The van der Waals surface area contributed by atoms with Crippen LogP contribution < -0.4 is 5.73 Å². The highest BCUT2D eigenvalue weighted by molar-refractivity contribution is 7.79. The minimum atomic E-state index is -4.67. The largest absolute Gasteiger partial charge is 0.469 e. The number of carbonyl (C=O) groups is 1. The summed E-state index contributed by atoms with van der Waals surface area (Å²) in [5.41, 5.74) is 11.6. The quantitative estimate of drug-likeness (QED) is 0.145. The molecule has 0 amide bonds. The number of hydrogen-bond donors (Lipinski definition) is 3. The van der Waals surface area contributed by atoms with E-state index in [9.17, 15) is 4.79 Å². The highest BCUT2D eigenvalue weighted by Gasteiger charge is 2.24. The summed E-state index contributed by atoms with van der Waals surface area (Å²) >= 11 is 0. The van der Waals surface area contributed by atoms with Crippen molar-refractivity contribution < 1.29 is 27.1 Å². The zero-order valence-electron chi connectivity index (χ0n) is 26.9. The van der Waals surface area contributed by atoms with Crippen LogP contribution in [0.4, 0.5) is 5.82 Å². The van der Waals surface area contributed by atoms with E-state index in [2.05, 4.69) is 69.7 Å². The molecule has 0 bridgehead atoms. The molecule has 0 aliphatic carbocycles. The number of anilines is 1. The lowest BCUT2D eigenvalue weighted by atomic mass is 10.0. The molecule has 5 rings (SSSR count). The van der Waals surface area contributed by atoms with E-state index in [4.69, 9.17) is 33.0 Å². The Labute approximate surface area is 271 Å². The average molecular weight is 655 g/mol. The fourth-order valence-corrected chi connectivity index (χ4v) is 6.09. The van der Waals surface area contributed by atoms with Crippen molar-refractivity contribution in [1.82, 2.24) is 24.3 Å². The van der Waals surface area contributed by atoms with E-state index >= 15 is 0 Å². The zero-order valence-corrected chi connectivity index (χ0v) is 27.7. The van der Waals surface area contributed by atoms with Crippen LogP contribution in [-0.2, 0) is 45.9 Å². The molecule has 1 saturated heterocycles. The van der Waals surface area contributed by atoms with Crippen molar-refractivity contribution in [3.63, 3.8) is 0 Å². The maximum absolute atomic E-state index is 11.7. The van der Waals surface area contributed by atoms with Crippen molar-refractivity contribution in [2.45, 2.75) is 71.0 Å². The second kappa shape index (κ2) is 16.3. The number of aromatic nitrogens is 3. The highest BCUT2D eigenvalue weighted by Crippen LogP contribution is 2.30. The Bertz CT molecular complexity index is 1690. The maximum atomic E-state index is 11.7. The maximum Gasteiger partial charge on any atom is 0.394 e. The molecule has 0 spiro atoms. The lowest BCUT2D eigenvalue weighted by Crippen LogP contribution is -2.44. The van der Waals surface area contributed by atoms with Crippen LogP contribution in [0.25, 0.3) is 21.9 Å². The third-order valence-corrected chi connectivity index (χ3v) is 8.46. The molecule has 2 aromatic carbocycles. The van der Waals surface area contributed by atoms with Gasteiger partial charge in [-0.1, -0.05) is 55.8 Å². The van der Waals surface area contributed by atoms with Crippen molar-refractivity contribution >= 4 is 44.1 Å². The monoisotopic (exact) mass is 654 g/mol. The van der Waals surface area contributed by atoms with E-state index in [1.165, 1.54) is 25.5 Å². The molecule has 3 heterocycles. The number of ether oxygens (including phenoxy) is 1. The van der Waals surface area contributed by atoms with Gasteiger partial charge < -0.3 is 19.9 Å². The number of esters is 1. The molecule has 13 heteroatoms. The van der Waals surface area contributed by atoms with Crippen LogP contribution in [0.15, 0.2) is 48.5 Å². The van der Waals surface area contributed by atoms with Gasteiger partial charge in [0.15, 0.2) is 5.82 Å². The number of piperidine rings is 1. The standard InChI is InChI=1S/C33H44N6O2.H2O4S/c1-4-5-11-29-36-31-32(27-9-6-7-10-28(27)35-33(31)34)39(29)19-8-18-38(26-16-20-37(2)21-17-26)23-25-14-12-24(13-15-25)22-30(40)41-3;1-5(2,3)4/h6-7,9-10,12-15,26H,4-5,8,11,16-23H2,1-3H3,(H2,34,35);(H2,1,2,3,4). The summed E-state index contributed by atoms with van der Waals surface area (Å²) < 4.78 is 38.8. The molecular formula is C33H46N6O6S. The molecule has 1 aliphatic heterocycles. The van der Waals surface area contributed by atoms with Gasteiger partial charge in [-0.3, -0.25) is 18.8 Å². The molecule has 2 aromatic heterocycles. The molecule has 12 nitrogen and oxygen atoms in total. The first-order chi connectivity index (χ1) is 22.0. The van der Waals surface area contributed by atoms with Crippen molar-refractivity contribution in [1.29, 1.82) is 0 Å². The van der Waals surface area contributed by atoms with Crippen LogP contribution in [-0.4, -0.2) is 87.7 Å². The van der Waals surface area contributed by atoms with Crippen LogP contribution in [0.1, 0.15) is 56.0 Å². The highest BCUT2D eigenvalue weighted by atomic mass is 32.3. The number of likely N-dealkylation sites (tertiary alicyclic amines) is 1. The Kier molecular flexibility index (Phi) is 12.5. The van der Waals surface area contributed by atoms with Crippen LogP contribution in [0.2, 0.25) is 0 Å². The van der Waals surface area contributed by atoms with Gasteiger partial charge in [0.25, 0.3) is 0 Å². The summed E-state index contributed by atoms with van der Waals surface area (Å²) in [5, 5.41) is 1.12. The minimum absolute atomic E-state index is 0.207. The Morgan fingerprint density at radius 2 is 1.70 bits per heavy atom. The number of para-hydroxylation sites is 1. The molecule has 0 saturated carbocycles. The smallest absolute Gasteiger partial charge is 0.394 e. The Morgan fingerprint density at radius 1 is 1.04 bits per heavy atom. The van der Waals surface area contributed by atoms with Crippen LogP contribution >= 0.6 is 0 Å². The van der Waals surface area contributed by atoms with Gasteiger partial charge in [0.2, 0.25) is 0 Å². The minimum Gasteiger partial charge on any atom is -0.469 e. The van der Waals surface area contributed by atoms with E-state index in [-0.39, 0.29) is 5.97 Å². The van der Waals surface area contributed by atoms with Gasteiger partial charge in [-0.05, 0) is 63.0 Å². The van der Waals surface area contributed by atoms with Gasteiger partial charge >= 0.3 is 16.4 Å². The molecule has 4 N–H and O–H groups in total. The lowest BCUT2D eigenvalue weighted by Gasteiger charge is -2.37.